The Balaban J connectivity index is 0.00000200. The molecule has 0 saturated heterocycles. The lowest BCUT2D eigenvalue weighted by Gasteiger charge is -2.05. The Morgan fingerprint density at radius 1 is 1.00 bits per heavy atom. The molecule has 3 N–H and O–H groups in total. The second-order valence-corrected chi connectivity index (χ2v) is 4.17. The molecule has 3 nitrogen and oxygen atoms in total. The number of nitrogens with two attached hydrogens (primary N) is 1. The number of benzene rings is 2. The number of hydrogen-bond donors (Lipinski definition) is 2. The minimum atomic E-state index is -0.241. The zero-order chi connectivity index (χ0) is 13.5. The normalized spacial score (nSPS) is 10.8. The molecule has 0 unspecified atom stereocenters. The lowest BCUT2D eigenvalue weighted by molar-refractivity contribution is 0.626. The van der Waals surface area contributed by atoms with Crippen molar-refractivity contribution < 1.29 is 4.39 Å². The van der Waals surface area contributed by atoms with Gasteiger partial charge in [0.2, 0.25) is 0 Å². The van der Waals surface area contributed by atoms with Crippen LogP contribution in [0.5, 0.6) is 0 Å². The molecular formula is C15H17BrFN3. The van der Waals surface area contributed by atoms with Gasteiger partial charge in [0.15, 0.2) is 5.96 Å². The van der Waals surface area contributed by atoms with Gasteiger partial charge in [-0.15, -0.1) is 17.0 Å². The molecule has 0 aromatic heterocycles. The molecule has 0 radical (unpaired) electrons. The van der Waals surface area contributed by atoms with Crippen molar-refractivity contribution in [2.45, 2.75) is 13.1 Å². The summed E-state index contributed by atoms with van der Waals surface area (Å²) in [6.07, 6.45) is 0. The summed E-state index contributed by atoms with van der Waals surface area (Å²) in [5.74, 6) is 0.141. The highest BCUT2D eigenvalue weighted by molar-refractivity contribution is 8.93. The van der Waals surface area contributed by atoms with Crippen molar-refractivity contribution >= 4 is 22.9 Å². The fraction of sp³-hybridized carbons (Fsp3) is 0.133. The van der Waals surface area contributed by atoms with Crippen LogP contribution in [0, 0.1) is 5.82 Å². The van der Waals surface area contributed by atoms with Gasteiger partial charge in [0.1, 0.15) is 5.82 Å². The highest BCUT2D eigenvalue weighted by Gasteiger charge is 1.96. The van der Waals surface area contributed by atoms with E-state index in [2.05, 4.69) is 10.3 Å². The molecule has 2 aromatic rings. The van der Waals surface area contributed by atoms with Gasteiger partial charge in [-0.1, -0.05) is 42.5 Å². The summed E-state index contributed by atoms with van der Waals surface area (Å²) < 4.78 is 12.7. The summed E-state index contributed by atoms with van der Waals surface area (Å²) >= 11 is 0. The van der Waals surface area contributed by atoms with Crippen molar-refractivity contribution in [3.05, 3.63) is 71.5 Å². The third kappa shape index (κ3) is 5.40. The largest absolute Gasteiger partial charge is 0.370 e. The molecule has 0 aliphatic rings. The number of aliphatic imine (C=N–C) groups is 1. The van der Waals surface area contributed by atoms with E-state index in [0.29, 0.717) is 19.0 Å². The van der Waals surface area contributed by atoms with Crippen molar-refractivity contribution in [3.8, 4) is 0 Å². The molecule has 0 spiro atoms. The van der Waals surface area contributed by atoms with Crippen molar-refractivity contribution in [1.29, 1.82) is 0 Å². The van der Waals surface area contributed by atoms with E-state index in [1.54, 1.807) is 12.1 Å². The van der Waals surface area contributed by atoms with Crippen LogP contribution < -0.4 is 11.1 Å². The van der Waals surface area contributed by atoms with E-state index in [4.69, 9.17) is 5.73 Å². The average Bonchev–Trinajstić information content (AvgIpc) is 2.45. The van der Waals surface area contributed by atoms with Gasteiger partial charge in [-0.05, 0) is 23.3 Å². The maximum Gasteiger partial charge on any atom is 0.189 e. The number of halogens is 2. The van der Waals surface area contributed by atoms with E-state index in [9.17, 15) is 4.39 Å². The van der Waals surface area contributed by atoms with Crippen LogP contribution in [-0.2, 0) is 13.1 Å². The molecule has 0 saturated carbocycles. The quantitative estimate of drug-likeness (QED) is 0.665. The van der Waals surface area contributed by atoms with Gasteiger partial charge < -0.3 is 11.1 Å². The zero-order valence-corrected chi connectivity index (χ0v) is 12.6. The fourth-order valence-corrected chi connectivity index (χ4v) is 1.61. The lowest BCUT2D eigenvalue weighted by Crippen LogP contribution is -2.31. The Bertz CT molecular complexity index is 541. The predicted molar refractivity (Wildman–Crippen MR) is 85.3 cm³/mol. The van der Waals surface area contributed by atoms with Crippen LogP contribution in [0.3, 0.4) is 0 Å². The third-order valence-electron chi connectivity index (χ3n) is 2.66. The zero-order valence-electron chi connectivity index (χ0n) is 10.9. The highest BCUT2D eigenvalue weighted by Crippen LogP contribution is 2.02. The van der Waals surface area contributed by atoms with E-state index >= 15 is 0 Å². The second kappa shape index (κ2) is 8.32. The van der Waals surface area contributed by atoms with Gasteiger partial charge in [-0.2, -0.15) is 0 Å². The monoisotopic (exact) mass is 337 g/mol. The van der Waals surface area contributed by atoms with E-state index in [-0.39, 0.29) is 22.8 Å². The molecule has 5 heteroatoms. The van der Waals surface area contributed by atoms with E-state index < -0.39 is 0 Å². The highest BCUT2D eigenvalue weighted by atomic mass is 79.9. The van der Waals surface area contributed by atoms with Gasteiger partial charge in [0.25, 0.3) is 0 Å². The molecule has 2 rings (SSSR count). The van der Waals surface area contributed by atoms with E-state index in [1.807, 2.05) is 30.3 Å². The predicted octanol–water partition coefficient (Wildman–Crippen LogP) is 3.01. The first-order chi connectivity index (χ1) is 9.24. The number of hydrogen-bond acceptors (Lipinski definition) is 1. The molecule has 0 fully saturated rings. The van der Waals surface area contributed by atoms with E-state index in [0.717, 1.165) is 11.1 Å². The Kier molecular flexibility index (Phi) is 6.73. The van der Waals surface area contributed by atoms with E-state index in [1.165, 1.54) is 12.1 Å². The summed E-state index contributed by atoms with van der Waals surface area (Å²) in [4.78, 5) is 4.24. The number of nitrogens with zero attached hydrogens (tertiary/aromatic N) is 1. The van der Waals surface area contributed by atoms with Crippen LogP contribution in [-0.4, -0.2) is 5.96 Å². The van der Waals surface area contributed by atoms with Crippen LogP contribution in [0.1, 0.15) is 11.1 Å². The molecule has 20 heavy (non-hydrogen) atoms. The van der Waals surface area contributed by atoms with Gasteiger partial charge in [-0.25, -0.2) is 9.38 Å². The first kappa shape index (κ1) is 16.2. The van der Waals surface area contributed by atoms with Crippen LogP contribution in [0.2, 0.25) is 0 Å². The van der Waals surface area contributed by atoms with Crippen molar-refractivity contribution in [3.63, 3.8) is 0 Å². The van der Waals surface area contributed by atoms with Crippen LogP contribution in [0.15, 0.2) is 59.6 Å². The second-order valence-electron chi connectivity index (χ2n) is 4.17. The molecule has 0 aliphatic carbocycles. The summed E-state index contributed by atoms with van der Waals surface area (Å²) in [7, 11) is 0. The standard InChI is InChI=1S/C15H16FN3.BrH/c16-14-8-6-13(7-9-14)11-19-15(17)18-10-12-4-2-1-3-5-12;/h1-9H,10-11H2,(H3,17,18,19);1H. The molecule has 0 amide bonds. The SMILES string of the molecule is Br.NC(=NCc1ccccc1)NCc1ccc(F)cc1. The van der Waals surface area contributed by atoms with Crippen LogP contribution in [0.25, 0.3) is 0 Å². The van der Waals surface area contributed by atoms with Crippen LogP contribution >= 0.6 is 17.0 Å². The molecule has 0 heterocycles. The smallest absolute Gasteiger partial charge is 0.189 e. The van der Waals surface area contributed by atoms with Gasteiger partial charge in [0, 0.05) is 6.54 Å². The fourth-order valence-electron chi connectivity index (χ4n) is 1.61. The summed E-state index contributed by atoms with van der Waals surface area (Å²) in [6.45, 7) is 1.08. The first-order valence-corrected chi connectivity index (χ1v) is 6.06. The van der Waals surface area contributed by atoms with Gasteiger partial charge in [0.05, 0.1) is 6.54 Å². The summed E-state index contributed by atoms with van der Waals surface area (Å²) in [5, 5.41) is 2.99. The number of nitrogens with one attached hydrogen (secondary N) is 1. The maximum atomic E-state index is 12.7. The minimum Gasteiger partial charge on any atom is -0.370 e. The Morgan fingerprint density at radius 3 is 2.30 bits per heavy atom. The molecule has 0 bridgehead atoms. The Labute approximate surface area is 128 Å². The summed E-state index contributed by atoms with van der Waals surface area (Å²) in [5.41, 5.74) is 7.83. The van der Waals surface area contributed by atoms with Crippen LogP contribution in [0.4, 0.5) is 4.39 Å². The first-order valence-electron chi connectivity index (χ1n) is 6.06. The third-order valence-corrected chi connectivity index (χ3v) is 2.66. The molecule has 106 valence electrons. The Hall–Kier alpha value is -1.88. The Morgan fingerprint density at radius 2 is 1.65 bits per heavy atom. The average molecular weight is 338 g/mol. The van der Waals surface area contributed by atoms with Crippen molar-refractivity contribution in [2.75, 3.05) is 0 Å². The van der Waals surface area contributed by atoms with Crippen molar-refractivity contribution in [1.82, 2.24) is 5.32 Å². The molecule has 2 aromatic carbocycles. The van der Waals surface area contributed by atoms with Gasteiger partial charge >= 0.3 is 0 Å². The molecular weight excluding hydrogens is 321 g/mol. The lowest BCUT2D eigenvalue weighted by atomic mass is 10.2. The topological polar surface area (TPSA) is 50.4 Å². The number of guanidine groups is 1. The number of rotatable bonds is 4. The maximum absolute atomic E-state index is 12.7. The van der Waals surface area contributed by atoms with Crippen molar-refractivity contribution in [2.24, 2.45) is 10.7 Å². The molecule has 0 atom stereocenters. The summed E-state index contributed by atoms with van der Waals surface area (Å²) in [6, 6.07) is 16.2. The van der Waals surface area contributed by atoms with Gasteiger partial charge in [-0.3, -0.25) is 0 Å². The molecule has 0 aliphatic heterocycles. The minimum absolute atomic E-state index is 0.